The SMILES string of the molecule is COc1cc2c(c(OC)c1CCN)CCO2. The molecule has 0 unspecified atom stereocenters. The number of hydrogen-bond donors (Lipinski definition) is 1. The molecule has 0 bridgehead atoms. The Labute approximate surface area is 95.3 Å². The van der Waals surface area contributed by atoms with E-state index in [-0.39, 0.29) is 0 Å². The Hall–Kier alpha value is -1.42. The quantitative estimate of drug-likeness (QED) is 0.831. The predicted octanol–water partition coefficient (Wildman–Crippen LogP) is 1.14. The van der Waals surface area contributed by atoms with Crippen molar-refractivity contribution in [3.05, 3.63) is 17.2 Å². The molecule has 2 rings (SSSR count). The highest BCUT2D eigenvalue weighted by molar-refractivity contribution is 5.58. The van der Waals surface area contributed by atoms with Gasteiger partial charge in [-0.2, -0.15) is 0 Å². The van der Waals surface area contributed by atoms with Crippen molar-refractivity contribution in [3.8, 4) is 17.2 Å². The van der Waals surface area contributed by atoms with E-state index in [2.05, 4.69) is 0 Å². The summed E-state index contributed by atoms with van der Waals surface area (Å²) in [5.74, 6) is 2.54. The Bertz CT molecular complexity index is 390. The summed E-state index contributed by atoms with van der Waals surface area (Å²) >= 11 is 0. The van der Waals surface area contributed by atoms with Gasteiger partial charge in [0.05, 0.1) is 20.8 Å². The summed E-state index contributed by atoms with van der Waals surface area (Å²) in [7, 11) is 3.32. The average Bonchev–Trinajstić information content (AvgIpc) is 2.76. The molecular formula is C12H17NO3. The Kier molecular flexibility index (Phi) is 3.19. The maximum absolute atomic E-state index is 5.61. The number of rotatable bonds is 4. The van der Waals surface area contributed by atoms with Crippen LogP contribution in [0.15, 0.2) is 6.07 Å². The van der Waals surface area contributed by atoms with Gasteiger partial charge in [0, 0.05) is 23.6 Å². The van der Waals surface area contributed by atoms with Crippen molar-refractivity contribution in [2.24, 2.45) is 5.73 Å². The van der Waals surface area contributed by atoms with E-state index >= 15 is 0 Å². The fraction of sp³-hybridized carbons (Fsp3) is 0.500. The highest BCUT2D eigenvalue weighted by atomic mass is 16.5. The number of fused-ring (bicyclic) bond motifs is 1. The van der Waals surface area contributed by atoms with E-state index in [1.165, 1.54) is 0 Å². The first-order valence-electron chi connectivity index (χ1n) is 5.41. The van der Waals surface area contributed by atoms with Crippen LogP contribution in [0.1, 0.15) is 11.1 Å². The zero-order chi connectivity index (χ0) is 11.5. The maximum atomic E-state index is 5.61. The van der Waals surface area contributed by atoms with Crippen LogP contribution < -0.4 is 19.9 Å². The van der Waals surface area contributed by atoms with E-state index in [4.69, 9.17) is 19.9 Å². The minimum Gasteiger partial charge on any atom is -0.496 e. The van der Waals surface area contributed by atoms with Crippen molar-refractivity contribution in [1.82, 2.24) is 0 Å². The molecule has 0 radical (unpaired) electrons. The lowest BCUT2D eigenvalue weighted by Gasteiger charge is -2.15. The molecule has 88 valence electrons. The lowest BCUT2D eigenvalue weighted by atomic mass is 10.0. The Morgan fingerprint density at radius 2 is 2.19 bits per heavy atom. The zero-order valence-electron chi connectivity index (χ0n) is 9.71. The van der Waals surface area contributed by atoms with Crippen molar-refractivity contribution in [3.63, 3.8) is 0 Å². The second-order valence-corrected chi connectivity index (χ2v) is 3.70. The minimum atomic E-state index is 0.576. The monoisotopic (exact) mass is 223 g/mol. The molecule has 1 heterocycles. The van der Waals surface area contributed by atoms with Gasteiger partial charge in [-0.1, -0.05) is 0 Å². The van der Waals surface area contributed by atoms with Gasteiger partial charge in [-0.25, -0.2) is 0 Å². The average molecular weight is 223 g/mol. The van der Waals surface area contributed by atoms with Gasteiger partial charge in [0.2, 0.25) is 0 Å². The third-order valence-corrected chi connectivity index (χ3v) is 2.83. The van der Waals surface area contributed by atoms with E-state index in [1.54, 1.807) is 14.2 Å². The predicted molar refractivity (Wildman–Crippen MR) is 61.5 cm³/mol. The van der Waals surface area contributed by atoms with Crippen molar-refractivity contribution in [2.75, 3.05) is 27.4 Å². The number of methoxy groups -OCH3 is 2. The molecule has 0 saturated heterocycles. The Morgan fingerprint density at radius 1 is 1.38 bits per heavy atom. The van der Waals surface area contributed by atoms with Crippen molar-refractivity contribution in [1.29, 1.82) is 0 Å². The van der Waals surface area contributed by atoms with E-state index < -0.39 is 0 Å². The minimum absolute atomic E-state index is 0.576. The molecule has 0 amide bonds. The zero-order valence-corrected chi connectivity index (χ0v) is 9.71. The standard InChI is InChI=1S/C12H17NO3/c1-14-10-7-11-9(4-6-16-11)12(15-2)8(10)3-5-13/h7H,3-6,13H2,1-2H3. The molecule has 1 aliphatic rings. The fourth-order valence-corrected chi connectivity index (χ4v) is 2.14. The lowest BCUT2D eigenvalue weighted by Crippen LogP contribution is -2.07. The summed E-state index contributed by atoms with van der Waals surface area (Å²) in [6.07, 6.45) is 1.64. The second-order valence-electron chi connectivity index (χ2n) is 3.70. The molecule has 0 fully saturated rings. The first-order chi connectivity index (χ1) is 7.81. The van der Waals surface area contributed by atoms with E-state index in [9.17, 15) is 0 Å². The van der Waals surface area contributed by atoms with Crippen LogP contribution in [0.4, 0.5) is 0 Å². The molecule has 0 aromatic heterocycles. The van der Waals surface area contributed by atoms with Crippen LogP contribution in [0, 0.1) is 0 Å². The largest absolute Gasteiger partial charge is 0.496 e. The molecule has 0 atom stereocenters. The highest BCUT2D eigenvalue weighted by Gasteiger charge is 2.23. The van der Waals surface area contributed by atoms with Gasteiger partial charge in [0.15, 0.2) is 0 Å². The van der Waals surface area contributed by atoms with Gasteiger partial charge in [-0.3, -0.25) is 0 Å². The number of nitrogens with two attached hydrogens (primary N) is 1. The van der Waals surface area contributed by atoms with Crippen molar-refractivity contribution < 1.29 is 14.2 Å². The molecule has 1 aliphatic heterocycles. The van der Waals surface area contributed by atoms with Crippen LogP contribution in [0.2, 0.25) is 0 Å². The van der Waals surface area contributed by atoms with E-state index in [1.807, 2.05) is 6.07 Å². The number of ether oxygens (including phenoxy) is 3. The normalized spacial score (nSPS) is 13.2. The third-order valence-electron chi connectivity index (χ3n) is 2.83. The van der Waals surface area contributed by atoms with Crippen LogP contribution >= 0.6 is 0 Å². The van der Waals surface area contributed by atoms with Crippen LogP contribution in [0.25, 0.3) is 0 Å². The number of benzene rings is 1. The van der Waals surface area contributed by atoms with Crippen LogP contribution in [-0.2, 0) is 12.8 Å². The van der Waals surface area contributed by atoms with Gasteiger partial charge in [0.25, 0.3) is 0 Å². The topological polar surface area (TPSA) is 53.7 Å². The van der Waals surface area contributed by atoms with Crippen LogP contribution in [0.5, 0.6) is 17.2 Å². The lowest BCUT2D eigenvalue weighted by molar-refractivity contribution is 0.351. The summed E-state index contributed by atoms with van der Waals surface area (Å²) < 4.78 is 16.3. The smallest absolute Gasteiger partial charge is 0.132 e. The summed E-state index contributed by atoms with van der Waals surface area (Å²) in [5.41, 5.74) is 7.78. The van der Waals surface area contributed by atoms with Crippen molar-refractivity contribution in [2.45, 2.75) is 12.8 Å². The maximum Gasteiger partial charge on any atom is 0.132 e. The Balaban J connectivity index is 2.55. The molecule has 2 N–H and O–H groups in total. The van der Waals surface area contributed by atoms with Gasteiger partial charge < -0.3 is 19.9 Å². The van der Waals surface area contributed by atoms with Crippen LogP contribution in [0.3, 0.4) is 0 Å². The summed E-state index contributed by atoms with van der Waals surface area (Å²) in [4.78, 5) is 0. The number of hydrogen-bond acceptors (Lipinski definition) is 4. The molecular weight excluding hydrogens is 206 g/mol. The molecule has 1 aromatic carbocycles. The van der Waals surface area contributed by atoms with E-state index in [0.717, 1.165) is 41.2 Å². The third kappa shape index (κ3) is 1.69. The molecule has 0 saturated carbocycles. The molecule has 0 aliphatic carbocycles. The van der Waals surface area contributed by atoms with E-state index in [0.29, 0.717) is 13.2 Å². The molecule has 4 nitrogen and oxygen atoms in total. The summed E-state index contributed by atoms with van der Waals surface area (Å²) in [5, 5.41) is 0. The first-order valence-corrected chi connectivity index (χ1v) is 5.41. The van der Waals surface area contributed by atoms with Crippen molar-refractivity contribution >= 4 is 0 Å². The van der Waals surface area contributed by atoms with Crippen LogP contribution in [-0.4, -0.2) is 27.4 Å². The molecule has 16 heavy (non-hydrogen) atoms. The highest BCUT2D eigenvalue weighted by Crippen LogP contribution is 2.42. The first kappa shape index (κ1) is 11.1. The molecule has 4 heteroatoms. The second kappa shape index (κ2) is 4.61. The fourth-order valence-electron chi connectivity index (χ4n) is 2.14. The van der Waals surface area contributed by atoms with Gasteiger partial charge in [-0.15, -0.1) is 0 Å². The Morgan fingerprint density at radius 3 is 2.81 bits per heavy atom. The van der Waals surface area contributed by atoms with Gasteiger partial charge in [-0.05, 0) is 13.0 Å². The van der Waals surface area contributed by atoms with Gasteiger partial charge in [0.1, 0.15) is 17.2 Å². The summed E-state index contributed by atoms with van der Waals surface area (Å²) in [6.45, 7) is 1.29. The molecule has 0 spiro atoms. The van der Waals surface area contributed by atoms with Gasteiger partial charge >= 0.3 is 0 Å². The molecule has 1 aromatic rings. The summed E-state index contributed by atoms with van der Waals surface area (Å²) in [6, 6.07) is 1.93.